The van der Waals surface area contributed by atoms with E-state index in [-0.39, 0.29) is 6.04 Å². The summed E-state index contributed by atoms with van der Waals surface area (Å²) in [5, 5.41) is 2.17. The van der Waals surface area contributed by atoms with Crippen molar-refractivity contribution >= 4 is 12.7 Å². The van der Waals surface area contributed by atoms with Gasteiger partial charge in [0.05, 0.1) is 0 Å². The van der Waals surface area contributed by atoms with Crippen LogP contribution < -0.4 is 16.2 Å². The summed E-state index contributed by atoms with van der Waals surface area (Å²) in [6.45, 7) is 7.95. The molecule has 1 aromatic rings. The number of allylic oxidation sites excluding steroid dienone is 2. The van der Waals surface area contributed by atoms with Crippen molar-refractivity contribution in [2.24, 2.45) is 5.73 Å². The molecule has 0 aliphatic carbocycles. The molecular weight excluding hydrogens is 170 g/mol. The van der Waals surface area contributed by atoms with E-state index in [4.69, 9.17) is 5.73 Å². The van der Waals surface area contributed by atoms with Crippen molar-refractivity contribution < 1.29 is 0 Å². The van der Waals surface area contributed by atoms with Crippen molar-refractivity contribution in [3.63, 3.8) is 0 Å². The SMILES string of the molecule is C=c1ccc(C(C)N)c/c1=C/C=C\C. The van der Waals surface area contributed by atoms with Crippen molar-refractivity contribution in [3.8, 4) is 0 Å². The third-order valence-electron chi connectivity index (χ3n) is 2.16. The molecule has 2 N–H and O–H groups in total. The molecule has 1 rings (SSSR count). The summed E-state index contributed by atoms with van der Waals surface area (Å²) >= 11 is 0. The number of nitrogens with two attached hydrogens (primary N) is 1. The summed E-state index contributed by atoms with van der Waals surface area (Å²) in [5.41, 5.74) is 6.96. The van der Waals surface area contributed by atoms with Crippen LogP contribution in [0, 0.1) is 0 Å². The Kier molecular flexibility index (Phi) is 3.66. The van der Waals surface area contributed by atoms with Crippen LogP contribution >= 0.6 is 0 Å². The Labute approximate surface area is 85.3 Å². The minimum Gasteiger partial charge on any atom is -0.324 e. The van der Waals surface area contributed by atoms with Crippen molar-refractivity contribution in [1.29, 1.82) is 0 Å². The van der Waals surface area contributed by atoms with Gasteiger partial charge in [-0.05, 0) is 35.9 Å². The molecule has 0 amide bonds. The van der Waals surface area contributed by atoms with Gasteiger partial charge < -0.3 is 5.73 Å². The highest BCUT2D eigenvalue weighted by molar-refractivity contribution is 5.39. The van der Waals surface area contributed by atoms with Gasteiger partial charge in [-0.25, -0.2) is 0 Å². The first kappa shape index (κ1) is 10.7. The fraction of sp³-hybridized carbons (Fsp3) is 0.231. The average Bonchev–Trinajstić information content (AvgIpc) is 2.16. The highest BCUT2D eigenvalue weighted by Crippen LogP contribution is 2.03. The Bertz CT molecular complexity index is 427. The fourth-order valence-corrected chi connectivity index (χ4v) is 1.25. The van der Waals surface area contributed by atoms with Gasteiger partial charge in [0.2, 0.25) is 0 Å². The smallest absolute Gasteiger partial charge is 0.0266 e. The molecule has 1 unspecified atom stereocenters. The van der Waals surface area contributed by atoms with E-state index in [1.165, 1.54) is 0 Å². The van der Waals surface area contributed by atoms with Crippen LogP contribution in [0.2, 0.25) is 0 Å². The van der Waals surface area contributed by atoms with E-state index < -0.39 is 0 Å². The molecule has 14 heavy (non-hydrogen) atoms. The van der Waals surface area contributed by atoms with Gasteiger partial charge >= 0.3 is 0 Å². The topological polar surface area (TPSA) is 26.0 Å². The van der Waals surface area contributed by atoms with Crippen LogP contribution in [0.1, 0.15) is 25.5 Å². The maximum Gasteiger partial charge on any atom is 0.0266 e. The molecule has 0 spiro atoms. The van der Waals surface area contributed by atoms with Crippen molar-refractivity contribution in [3.05, 3.63) is 46.4 Å². The molecule has 0 saturated carbocycles. The lowest BCUT2D eigenvalue weighted by atomic mass is 10.1. The first-order valence-corrected chi connectivity index (χ1v) is 4.82. The van der Waals surface area contributed by atoms with Crippen LogP contribution in [-0.4, -0.2) is 0 Å². The van der Waals surface area contributed by atoms with E-state index in [2.05, 4.69) is 12.6 Å². The average molecular weight is 187 g/mol. The standard InChI is InChI=1S/C13H17N/c1-4-5-6-12-9-13(11(3)14)8-7-10(12)2/h4-9,11H,2,14H2,1,3H3/b5-4-,12-6-. The van der Waals surface area contributed by atoms with Gasteiger partial charge in [0.15, 0.2) is 0 Å². The molecule has 74 valence electrons. The molecule has 0 heterocycles. The zero-order valence-corrected chi connectivity index (χ0v) is 8.83. The Balaban J connectivity index is 3.29. The van der Waals surface area contributed by atoms with Crippen LogP contribution in [0.25, 0.3) is 12.7 Å². The minimum absolute atomic E-state index is 0.0772. The highest BCUT2D eigenvalue weighted by Gasteiger charge is 1.96. The minimum atomic E-state index is 0.0772. The Hall–Kier alpha value is -1.34. The molecule has 0 fully saturated rings. The molecular formula is C13H17N. The quantitative estimate of drug-likeness (QED) is 0.745. The molecule has 0 saturated heterocycles. The zero-order chi connectivity index (χ0) is 10.6. The highest BCUT2D eigenvalue weighted by atomic mass is 14.6. The molecule has 1 atom stereocenters. The first-order chi connectivity index (χ1) is 6.65. The molecule has 0 aliphatic rings. The summed E-state index contributed by atoms with van der Waals surface area (Å²) in [5.74, 6) is 0. The largest absolute Gasteiger partial charge is 0.324 e. The second-order valence-electron chi connectivity index (χ2n) is 3.44. The summed E-state index contributed by atoms with van der Waals surface area (Å²) in [7, 11) is 0. The van der Waals surface area contributed by atoms with E-state index in [1.807, 2.05) is 44.2 Å². The van der Waals surface area contributed by atoms with Crippen LogP contribution in [0.4, 0.5) is 0 Å². The Morgan fingerprint density at radius 2 is 2.14 bits per heavy atom. The predicted molar refractivity (Wildman–Crippen MR) is 63.1 cm³/mol. The van der Waals surface area contributed by atoms with Gasteiger partial charge in [-0.1, -0.05) is 36.9 Å². The van der Waals surface area contributed by atoms with E-state index in [1.54, 1.807) is 0 Å². The maximum absolute atomic E-state index is 5.81. The lowest BCUT2D eigenvalue weighted by Gasteiger charge is -2.04. The molecule has 0 bridgehead atoms. The van der Waals surface area contributed by atoms with Gasteiger partial charge in [0, 0.05) is 6.04 Å². The van der Waals surface area contributed by atoms with E-state index in [0.717, 1.165) is 16.0 Å². The number of hydrogen-bond acceptors (Lipinski definition) is 1. The monoisotopic (exact) mass is 187 g/mol. The van der Waals surface area contributed by atoms with Crippen LogP contribution in [0.15, 0.2) is 30.4 Å². The molecule has 0 aromatic heterocycles. The Morgan fingerprint density at radius 1 is 1.43 bits per heavy atom. The van der Waals surface area contributed by atoms with Gasteiger partial charge in [0.25, 0.3) is 0 Å². The predicted octanol–water partition coefficient (Wildman–Crippen LogP) is 1.47. The van der Waals surface area contributed by atoms with Crippen molar-refractivity contribution in [2.45, 2.75) is 19.9 Å². The molecule has 1 heteroatoms. The second kappa shape index (κ2) is 4.77. The normalized spacial score (nSPS) is 14.9. The van der Waals surface area contributed by atoms with E-state index >= 15 is 0 Å². The fourth-order valence-electron chi connectivity index (χ4n) is 1.25. The Morgan fingerprint density at radius 3 is 2.71 bits per heavy atom. The van der Waals surface area contributed by atoms with Crippen LogP contribution in [0.3, 0.4) is 0 Å². The molecule has 0 aliphatic heterocycles. The van der Waals surface area contributed by atoms with E-state index in [9.17, 15) is 0 Å². The number of rotatable bonds is 2. The third-order valence-corrected chi connectivity index (χ3v) is 2.16. The van der Waals surface area contributed by atoms with Crippen LogP contribution in [-0.2, 0) is 0 Å². The lowest BCUT2D eigenvalue weighted by Crippen LogP contribution is -2.24. The summed E-state index contributed by atoms with van der Waals surface area (Å²) < 4.78 is 0. The maximum atomic E-state index is 5.81. The van der Waals surface area contributed by atoms with Crippen molar-refractivity contribution in [2.75, 3.05) is 0 Å². The number of benzene rings is 1. The van der Waals surface area contributed by atoms with Gasteiger partial charge in [-0.3, -0.25) is 0 Å². The lowest BCUT2D eigenvalue weighted by molar-refractivity contribution is 0.816. The first-order valence-electron chi connectivity index (χ1n) is 4.82. The summed E-state index contributed by atoms with van der Waals surface area (Å²) in [6, 6.07) is 6.20. The zero-order valence-electron chi connectivity index (χ0n) is 8.83. The van der Waals surface area contributed by atoms with Gasteiger partial charge in [-0.15, -0.1) is 0 Å². The van der Waals surface area contributed by atoms with Gasteiger partial charge in [0.1, 0.15) is 0 Å². The second-order valence-corrected chi connectivity index (χ2v) is 3.44. The van der Waals surface area contributed by atoms with E-state index in [0.29, 0.717) is 0 Å². The molecule has 1 nitrogen and oxygen atoms in total. The third kappa shape index (κ3) is 2.57. The molecule has 1 aromatic carbocycles. The van der Waals surface area contributed by atoms with Gasteiger partial charge in [-0.2, -0.15) is 0 Å². The summed E-state index contributed by atoms with van der Waals surface area (Å²) in [6.07, 6.45) is 6.06. The van der Waals surface area contributed by atoms with Crippen molar-refractivity contribution in [1.82, 2.24) is 0 Å². The van der Waals surface area contributed by atoms with Crippen LogP contribution in [0.5, 0.6) is 0 Å². The number of hydrogen-bond donors (Lipinski definition) is 1. The molecule has 0 radical (unpaired) electrons. The summed E-state index contributed by atoms with van der Waals surface area (Å²) in [4.78, 5) is 0.